The van der Waals surface area contributed by atoms with Gasteiger partial charge in [0.2, 0.25) is 10.0 Å². The lowest BCUT2D eigenvalue weighted by Crippen LogP contribution is -2.30. The van der Waals surface area contributed by atoms with E-state index in [9.17, 15) is 26.4 Å². The SMILES string of the molecule is Cc1sc(C(=O)N(C)CCC(F)(F)F)cc1S(N)(=O)=O. The molecule has 2 N–H and O–H groups in total. The van der Waals surface area contributed by atoms with Gasteiger partial charge in [-0.05, 0) is 13.0 Å². The minimum absolute atomic E-state index is 0.0381. The number of thiophene rings is 1. The molecule has 1 amide bonds. The number of alkyl halides is 3. The van der Waals surface area contributed by atoms with E-state index >= 15 is 0 Å². The van der Waals surface area contributed by atoms with Crippen molar-refractivity contribution >= 4 is 27.3 Å². The van der Waals surface area contributed by atoms with Crippen molar-refractivity contribution in [3.05, 3.63) is 15.8 Å². The van der Waals surface area contributed by atoms with Crippen LogP contribution in [0.25, 0.3) is 0 Å². The number of amides is 1. The van der Waals surface area contributed by atoms with Crippen molar-refractivity contribution in [2.24, 2.45) is 5.14 Å². The molecule has 0 aromatic carbocycles. The Morgan fingerprint density at radius 2 is 2.00 bits per heavy atom. The van der Waals surface area contributed by atoms with Crippen LogP contribution in [-0.4, -0.2) is 39.0 Å². The molecule has 0 radical (unpaired) electrons. The molecule has 0 aliphatic carbocycles. The van der Waals surface area contributed by atoms with Gasteiger partial charge in [0.25, 0.3) is 5.91 Å². The van der Waals surface area contributed by atoms with Crippen molar-refractivity contribution < 1.29 is 26.4 Å². The molecule has 20 heavy (non-hydrogen) atoms. The normalized spacial score (nSPS) is 12.5. The first-order valence-corrected chi connectivity index (χ1v) is 7.73. The van der Waals surface area contributed by atoms with E-state index in [-0.39, 0.29) is 9.77 Å². The van der Waals surface area contributed by atoms with Gasteiger partial charge in [-0.15, -0.1) is 11.3 Å². The van der Waals surface area contributed by atoms with Crippen LogP contribution in [0.2, 0.25) is 0 Å². The van der Waals surface area contributed by atoms with Crippen molar-refractivity contribution in [3.8, 4) is 0 Å². The number of sulfonamides is 1. The van der Waals surface area contributed by atoms with Crippen LogP contribution in [0, 0.1) is 6.92 Å². The van der Waals surface area contributed by atoms with Crippen LogP contribution in [0.1, 0.15) is 21.0 Å². The molecule has 0 unspecified atom stereocenters. The molecule has 0 aliphatic heterocycles. The fourth-order valence-corrected chi connectivity index (χ4v) is 3.58. The predicted octanol–water partition coefficient (Wildman–Crippen LogP) is 1.73. The van der Waals surface area contributed by atoms with Gasteiger partial charge in [-0.25, -0.2) is 13.6 Å². The molecule has 0 fully saturated rings. The molecule has 1 rings (SSSR count). The maximum atomic E-state index is 12.1. The summed E-state index contributed by atoms with van der Waals surface area (Å²) in [6, 6.07) is 1.09. The molecule has 1 aromatic heterocycles. The van der Waals surface area contributed by atoms with Gasteiger partial charge in [0.1, 0.15) is 0 Å². The Bertz CT molecular complexity index is 608. The number of nitrogens with two attached hydrogens (primary N) is 1. The molecule has 10 heteroatoms. The quantitative estimate of drug-likeness (QED) is 0.913. The van der Waals surface area contributed by atoms with Crippen molar-refractivity contribution in [1.29, 1.82) is 0 Å². The summed E-state index contributed by atoms with van der Waals surface area (Å²) in [4.78, 5) is 13.0. The number of primary sulfonamides is 1. The van der Waals surface area contributed by atoms with Crippen LogP contribution < -0.4 is 5.14 Å². The van der Waals surface area contributed by atoms with Gasteiger partial charge < -0.3 is 4.90 Å². The second-order valence-corrected chi connectivity index (χ2v) is 6.95. The van der Waals surface area contributed by atoms with Gasteiger partial charge in [0, 0.05) is 18.5 Å². The average molecular weight is 330 g/mol. The van der Waals surface area contributed by atoms with Crippen molar-refractivity contribution in [1.82, 2.24) is 4.90 Å². The summed E-state index contributed by atoms with van der Waals surface area (Å²) in [7, 11) is -2.73. The highest BCUT2D eigenvalue weighted by Gasteiger charge is 2.29. The fourth-order valence-electron chi connectivity index (χ4n) is 1.44. The van der Waals surface area contributed by atoms with Crippen LogP contribution in [-0.2, 0) is 10.0 Å². The Morgan fingerprint density at radius 1 is 1.45 bits per heavy atom. The molecule has 114 valence electrons. The maximum Gasteiger partial charge on any atom is 0.390 e. The van der Waals surface area contributed by atoms with E-state index in [1.807, 2.05) is 0 Å². The average Bonchev–Trinajstić information content (AvgIpc) is 2.65. The third-order valence-electron chi connectivity index (χ3n) is 2.47. The van der Waals surface area contributed by atoms with Gasteiger partial charge in [0.05, 0.1) is 16.2 Å². The second-order valence-electron chi connectivity index (χ2n) is 4.17. The van der Waals surface area contributed by atoms with E-state index in [1.165, 1.54) is 14.0 Å². The zero-order valence-corrected chi connectivity index (χ0v) is 12.3. The van der Waals surface area contributed by atoms with Crippen molar-refractivity contribution in [3.63, 3.8) is 0 Å². The van der Waals surface area contributed by atoms with Crippen LogP contribution in [0.4, 0.5) is 13.2 Å². The van der Waals surface area contributed by atoms with Crippen molar-refractivity contribution in [2.45, 2.75) is 24.4 Å². The monoisotopic (exact) mass is 330 g/mol. The van der Waals surface area contributed by atoms with Gasteiger partial charge in [-0.1, -0.05) is 0 Å². The minimum Gasteiger partial charge on any atom is -0.341 e. The topological polar surface area (TPSA) is 80.5 Å². The number of hydrogen-bond donors (Lipinski definition) is 1. The van der Waals surface area contributed by atoms with E-state index in [0.29, 0.717) is 4.88 Å². The molecule has 0 bridgehead atoms. The molecule has 0 spiro atoms. The first-order valence-electron chi connectivity index (χ1n) is 5.37. The standard InChI is InChI=1S/C10H13F3N2O3S2/c1-6-8(20(14,17)18)5-7(19-6)9(16)15(2)4-3-10(11,12)13/h5H,3-4H2,1-2H3,(H2,14,17,18). The summed E-state index contributed by atoms with van der Waals surface area (Å²) < 4.78 is 58.7. The highest BCUT2D eigenvalue weighted by molar-refractivity contribution is 7.89. The summed E-state index contributed by atoms with van der Waals surface area (Å²) in [5.74, 6) is -0.669. The minimum atomic E-state index is -4.36. The molecule has 1 aromatic rings. The summed E-state index contributed by atoms with van der Waals surface area (Å²) in [5.41, 5.74) is 0. The van der Waals surface area contributed by atoms with E-state index < -0.39 is 35.1 Å². The Balaban J connectivity index is 2.88. The lowest BCUT2D eigenvalue weighted by molar-refractivity contribution is -0.136. The van der Waals surface area contributed by atoms with Crippen LogP contribution in [0.3, 0.4) is 0 Å². The number of halogens is 3. The number of carbonyl (C=O) groups is 1. The fraction of sp³-hybridized carbons (Fsp3) is 0.500. The zero-order chi connectivity index (χ0) is 15.7. The van der Waals surface area contributed by atoms with Crippen LogP contribution >= 0.6 is 11.3 Å². The summed E-state index contributed by atoms with van der Waals surface area (Å²) in [6.45, 7) is 0.973. The number of hydrogen-bond acceptors (Lipinski definition) is 4. The first kappa shape index (κ1) is 16.9. The van der Waals surface area contributed by atoms with Gasteiger partial charge in [-0.3, -0.25) is 4.79 Å². The Hall–Kier alpha value is -1.13. The Labute approximate surface area is 118 Å². The third-order valence-corrected chi connectivity index (χ3v) is 4.67. The van der Waals surface area contributed by atoms with Crippen LogP contribution in [0.15, 0.2) is 11.0 Å². The number of aryl methyl sites for hydroxylation is 1. The Kier molecular flexibility index (Phi) is 4.82. The molecular weight excluding hydrogens is 317 g/mol. The number of nitrogens with zero attached hydrogens (tertiary/aromatic N) is 1. The molecular formula is C10H13F3N2O3S2. The smallest absolute Gasteiger partial charge is 0.341 e. The predicted molar refractivity (Wildman–Crippen MR) is 68.1 cm³/mol. The second kappa shape index (κ2) is 5.70. The van der Waals surface area contributed by atoms with Gasteiger partial charge in [0.15, 0.2) is 0 Å². The van der Waals surface area contributed by atoms with Crippen LogP contribution in [0.5, 0.6) is 0 Å². The lowest BCUT2D eigenvalue weighted by atomic mass is 10.3. The first-order chi connectivity index (χ1) is 8.92. The summed E-state index contributed by atoms with van der Waals surface area (Å²) in [6.07, 6.45) is -5.48. The van der Waals surface area contributed by atoms with E-state index in [1.54, 1.807) is 0 Å². The summed E-state index contributed by atoms with van der Waals surface area (Å²) >= 11 is 0.879. The highest BCUT2D eigenvalue weighted by atomic mass is 32.2. The Morgan fingerprint density at radius 3 is 2.40 bits per heavy atom. The summed E-state index contributed by atoms with van der Waals surface area (Å²) in [5, 5.41) is 4.97. The van der Waals surface area contributed by atoms with E-state index in [0.717, 1.165) is 22.3 Å². The van der Waals surface area contributed by atoms with E-state index in [4.69, 9.17) is 5.14 Å². The largest absolute Gasteiger partial charge is 0.390 e. The molecule has 0 aliphatic rings. The molecule has 1 heterocycles. The maximum absolute atomic E-state index is 12.1. The molecule has 0 saturated heterocycles. The molecule has 0 saturated carbocycles. The third kappa shape index (κ3) is 4.46. The lowest BCUT2D eigenvalue weighted by Gasteiger charge is -2.17. The number of carbonyl (C=O) groups excluding carboxylic acids is 1. The van der Waals surface area contributed by atoms with Gasteiger partial charge >= 0.3 is 6.18 Å². The zero-order valence-electron chi connectivity index (χ0n) is 10.7. The molecule has 0 atom stereocenters. The van der Waals surface area contributed by atoms with E-state index in [2.05, 4.69) is 0 Å². The van der Waals surface area contributed by atoms with Crippen molar-refractivity contribution in [2.75, 3.05) is 13.6 Å². The number of rotatable bonds is 4. The van der Waals surface area contributed by atoms with Gasteiger partial charge in [-0.2, -0.15) is 13.2 Å². The molecule has 5 nitrogen and oxygen atoms in total. The highest BCUT2D eigenvalue weighted by Crippen LogP contribution is 2.26.